The topological polar surface area (TPSA) is 58.4 Å². The monoisotopic (exact) mass is 427 g/mol. The smallest absolute Gasteiger partial charge is 0.253 e. The minimum absolute atomic E-state index is 0.0113. The summed E-state index contributed by atoms with van der Waals surface area (Å²) in [6.45, 7) is 10.6. The molecule has 0 bridgehead atoms. The predicted octanol–water partition coefficient (Wildman–Crippen LogP) is 2.26. The number of furan rings is 1. The van der Waals surface area contributed by atoms with Crippen LogP contribution in [0.15, 0.2) is 47.1 Å². The molecule has 1 aromatic carbocycles. The van der Waals surface area contributed by atoms with Gasteiger partial charge in [-0.1, -0.05) is 17.7 Å². The minimum Gasteiger partial charge on any atom is -0.468 e. The van der Waals surface area contributed by atoms with Gasteiger partial charge in [0.1, 0.15) is 5.76 Å². The van der Waals surface area contributed by atoms with Crippen molar-refractivity contribution in [2.45, 2.75) is 19.6 Å². The van der Waals surface area contributed by atoms with Gasteiger partial charge in [-0.05, 0) is 31.2 Å². The van der Waals surface area contributed by atoms with Gasteiger partial charge < -0.3 is 18.8 Å². The Morgan fingerprint density at radius 2 is 1.84 bits per heavy atom. The van der Waals surface area contributed by atoms with Crippen LogP contribution < -0.4 is 0 Å². The summed E-state index contributed by atoms with van der Waals surface area (Å²) in [5, 5.41) is 0. The predicted molar refractivity (Wildman–Crippen MR) is 118 cm³/mol. The Morgan fingerprint density at radius 3 is 2.58 bits per heavy atom. The van der Waals surface area contributed by atoms with E-state index in [9.17, 15) is 4.79 Å². The van der Waals surface area contributed by atoms with E-state index in [0.717, 1.165) is 69.4 Å². The summed E-state index contributed by atoms with van der Waals surface area (Å²) in [5.41, 5.74) is 1.89. The van der Waals surface area contributed by atoms with Gasteiger partial charge in [0.2, 0.25) is 0 Å². The number of ether oxygens (including phenoxy) is 2. The molecule has 2 aliphatic rings. The lowest BCUT2D eigenvalue weighted by Gasteiger charge is -2.36. The molecule has 2 fully saturated rings. The largest absolute Gasteiger partial charge is 0.468 e. The second kappa shape index (κ2) is 10.9. The van der Waals surface area contributed by atoms with Crippen LogP contribution in [0.1, 0.15) is 21.7 Å². The van der Waals surface area contributed by atoms with Crippen molar-refractivity contribution >= 4 is 5.91 Å². The van der Waals surface area contributed by atoms with Gasteiger partial charge in [0, 0.05) is 51.4 Å². The lowest BCUT2D eigenvalue weighted by atomic mass is 10.1. The molecule has 168 valence electrons. The molecular formula is C24H33N3O4. The molecule has 4 rings (SSSR count). The Labute approximate surface area is 184 Å². The highest BCUT2D eigenvalue weighted by atomic mass is 16.5. The van der Waals surface area contributed by atoms with Gasteiger partial charge in [-0.15, -0.1) is 0 Å². The number of carbonyl (C=O) groups excluding carboxylic acids is 1. The number of hydrogen-bond donors (Lipinski definition) is 0. The molecule has 0 N–H and O–H groups in total. The van der Waals surface area contributed by atoms with Crippen molar-refractivity contribution in [2.75, 3.05) is 65.6 Å². The standard InChI is InChI=1S/C24H33N3O4/c1-20-4-6-21(7-5-20)24(28)27(9-8-25-10-14-29-15-11-25)19-23-18-26(12-16-31-23)17-22-3-2-13-30-22/h2-7,13,23H,8-12,14-19H2,1H3/t23-/m0/s1. The lowest BCUT2D eigenvalue weighted by Crippen LogP contribution is -2.50. The third kappa shape index (κ3) is 6.40. The zero-order valence-electron chi connectivity index (χ0n) is 18.4. The molecule has 1 atom stereocenters. The normalized spacial score (nSPS) is 20.6. The summed E-state index contributed by atoms with van der Waals surface area (Å²) in [5.74, 6) is 1.03. The number of carbonyl (C=O) groups is 1. The molecule has 0 radical (unpaired) electrons. The van der Waals surface area contributed by atoms with Crippen LogP contribution in [0.4, 0.5) is 0 Å². The van der Waals surface area contributed by atoms with E-state index in [-0.39, 0.29) is 12.0 Å². The molecule has 2 aromatic rings. The Morgan fingerprint density at radius 1 is 1.06 bits per heavy atom. The zero-order valence-corrected chi connectivity index (χ0v) is 18.4. The van der Waals surface area contributed by atoms with Crippen LogP contribution in [0, 0.1) is 6.92 Å². The van der Waals surface area contributed by atoms with Gasteiger partial charge in [-0.25, -0.2) is 0 Å². The third-order valence-corrected chi connectivity index (χ3v) is 5.98. The molecule has 3 heterocycles. The first kappa shape index (κ1) is 22.0. The maximum absolute atomic E-state index is 13.3. The Kier molecular flexibility index (Phi) is 7.75. The van der Waals surface area contributed by atoms with Crippen LogP contribution in [0.5, 0.6) is 0 Å². The molecule has 2 aliphatic heterocycles. The van der Waals surface area contributed by atoms with Crippen molar-refractivity contribution in [3.05, 3.63) is 59.5 Å². The van der Waals surface area contributed by atoms with Gasteiger partial charge in [0.25, 0.3) is 5.91 Å². The average molecular weight is 428 g/mol. The van der Waals surface area contributed by atoms with Crippen LogP contribution in [-0.2, 0) is 16.0 Å². The van der Waals surface area contributed by atoms with Crippen LogP contribution in [0.3, 0.4) is 0 Å². The van der Waals surface area contributed by atoms with E-state index < -0.39 is 0 Å². The van der Waals surface area contributed by atoms with E-state index in [0.29, 0.717) is 19.7 Å². The third-order valence-electron chi connectivity index (χ3n) is 5.98. The number of morpholine rings is 2. The number of nitrogens with zero attached hydrogens (tertiary/aromatic N) is 3. The first-order valence-corrected chi connectivity index (χ1v) is 11.2. The van der Waals surface area contributed by atoms with Crippen molar-refractivity contribution in [1.82, 2.24) is 14.7 Å². The molecule has 1 amide bonds. The SMILES string of the molecule is Cc1ccc(C(=O)N(CCN2CCOCC2)C[C@@H]2CN(Cc3ccco3)CCO2)cc1. The fraction of sp³-hybridized carbons (Fsp3) is 0.542. The molecule has 0 saturated carbocycles. The number of amides is 1. The number of hydrogen-bond acceptors (Lipinski definition) is 6. The van der Waals surface area contributed by atoms with Crippen LogP contribution in [0.2, 0.25) is 0 Å². The Hall–Kier alpha value is -2.19. The second-order valence-electron chi connectivity index (χ2n) is 8.38. The van der Waals surface area contributed by atoms with E-state index >= 15 is 0 Å². The average Bonchev–Trinajstić information content (AvgIpc) is 3.31. The Balaban J connectivity index is 1.39. The maximum atomic E-state index is 13.3. The highest BCUT2D eigenvalue weighted by molar-refractivity contribution is 5.94. The fourth-order valence-electron chi connectivity index (χ4n) is 4.14. The summed E-state index contributed by atoms with van der Waals surface area (Å²) >= 11 is 0. The molecule has 0 aliphatic carbocycles. The van der Waals surface area contributed by atoms with Crippen molar-refractivity contribution in [3.8, 4) is 0 Å². The summed E-state index contributed by atoms with van der Waals surface area (Å²) in [7, 11) is 0. The van der Waals surface area contributed by atoms with Crippen molar-refractivity contribution < 1.29 is 18.7 Å². The number of aryl methyl sites for hydroxylation is 1. The molecule has 31 heavy (non-hydrogen) atoms. The van der Waals surface area contributed by atoms with E-state index in [2.05, 4.69) is 9.80 Å². The van der Waals surface area contributed by atoms with E-state index in [1.54, 1.807) is 6.26 Å². The van der Waals surface area contributed by atoms with Crippen LogP contribution in [-0.4, -0.2) is 92.3 Å². The fourth-order valence-corrected chi connectivity index (χ4v) is 4.14. The summed E-state index contributed by atoms with van der Waals surface area (Å²) in [4.78, 5) is 20.0. The summed E-state index contributed by atoms with van der Waals surface area (Å²) in [6.07, 6.45) is 1.70. The number of rotatable bonds is 8. The highest BCUT2D eigenvalue weighted by Crippen LogP contribution is 2.14. The first-order valence-electron chi connectivity index (χ1n) is 11.2. The summed E-state index contributed by atoms with van der Waals surface area (Å²) < 4.78 is 17.0. The van der Waals surface area contributed by atoms with Gasteiger partial charge in [-0.2, -0.15) is 0 Å². The lowest BCUT2D eigenvalue weighted by molar-refractivity contribution is -0.0457. The molecule has 2 saturated heterocycles. The quantitative estimate of drug-likeness (QED) is 0.644. The van der Waals surface area contributed by atoms with Gasteiger partial charge in [-0.3, -0.25) is 14.6 Å². The Bertz CT molecular complexity index is 803. The molecule has 7 nitrogen and oxygen atoms in total. The maximum Gasteiger partial charge on any atom is 0.253 e. The second-order valence-corrected chi connectivity index (χ2v) is 8.38. The van der Waals surface area contributed by atoms with Crippen molar-refractivity contribution in [1.29, 1.82) is 0 Å². The molecular weight excluding hydrogens is 394 g/mol. The molecule has 0 unspecified atom stereocenters. The van der Waals surface area contributed by atoms with Gasteiger partial charge in [0.15, 0.2) is 0 Å². The van der Waals surface area contributed by atoms with Crippen LogP contribution in [0.25, 0.3) is 0 Å². The highest BCUT2D eigenvalue weighted by Gasteiger charge is 2.26. The van der Waals surface area contributed by atoms with Crippen molar-refractivity contribution in [3.63, 3.8) is 0 Å². The first-order chi connectivity index (χ1) is 15.2. The molecule has 7 heteroatoms. The van der Waals surface area contributed by atoms with Gasteiger partial charge >= 0.3 is 0 Å². The van der Waals surface area contributed by atoms with Crippen molar-refractivity contribution in [2.24, 2.45) is 0 Å². The number of benzene rings is 1. The summed E-state index contributed by atoms with van der Waals surface area (Å²) in [6, 6.07) is 11.8. The van der Waals surface area contributed by atoms with Gasteiger partial charge in [0.05, 0.1) is 38.7 Å². The molecule has 0 spiro atoms. The van der Waals surface area contributed by atoms with E-state index in [4.69, 9.17) is 13.9 Å². The van der Waals surface area contributed by atoms with Crippen LogP contribution >= 0.6 is 0 Å². The zero-order chi connectivity index (χ0) is 21.5. The van der Waals surface area contributed by atoms with E-state index in [1.165, 1.54) is 0 Å². The minimum atomic E-state index is -0.0113. The molecule has 1 aromatic heterocycles. The van der Waals surface area contributed by atoms with E-state index in [1.807, 2.05) is 48.2 Å².